The summed E-state index contributed by atoms with van der Waals surface area (Å²) in [7, 11) is 0. The summed E-state index contributed by atoms with van der Waals surface area (Å²) in [5.74, 6) is 0.595. The van der Waals surface area contributed by atoms with Gasteiger partial charge in [0, 0.05) is 21.2 Å². The first-order valence-electron chi connectivity index (χ1n) is 6.95. The van der Waals surface area contributed by atoms with Gasteiger partial charge in [0.15, 0.2) is 0 Å². The number of fused-ring (bicyclic) bond motifs is 1. The monoisotopic (exact) mass is 345 g/mol. The third-order valence-corrected chi connectivity index (χ3v) is 4.26. The first kappa shape index (κ1) is 15.7. The Morgan fingerprint density at radius 2 is 1.70 bits per heavy atom. The van der Waals surface area contributed by atoms with Gasteiger partial charge in [-0.05, 0) is 29.0 Å². The lowest BCUT2D eigenvalue weighted by atomic mass is 10.0. The summed E-state index contributed by atoms with van der Waals surface area (Å²) in [5, 5.41) is 15.2. The molecule has 0 aliphatic heterocycles. The van der Waals surface area contributed by atoms with Crippen molar-refractivity contribution in [2.45, 2.75) is 6.61 Å². The van der Waals surface area contributed by atoms with E-state index in [1.54, 1.807) is 18.2 Å². The van der Waals surface area contributed by atoms with Gasteiger partial charge in [0.25, 0.3) is 0 Å². The number of oxime groups is 1. The van der Waals surface area contributed by atoms with E-state index in [0.29, 0.717) is 21.4 Å². The molecular formula is C18H13Cl2NO2. The fourth-order valence-electron chi connectivity index (χ4n) is 2.41. The van der Waals surface area contributed by atoms with Crippen LogP contribution in [0.4, 0.5) is 0 Å². The molecule has 0 unspecified atom stereocenters. The Morgan fingerprint density at radius 3 is 2.43 bits per heavy atom. The predicted molar refractivity (Wildman–Crippen MR) is 94.1 cm³/mol. The predicted octanol–water partition coefficient (Wildman–Crippen LogP) is 5.53. The smallest absolute Gasteiger partial charge is 0.129 e. The van der Waals surface area contributed by atoms with Crippen LogP contribution in [-0.4, -0.2) is 11.4 Å². The van der Waals surface area contributed by atoms with Crippen LogP contribution in [0.15, 0.2) is 59.8 Å². The van der Waals surface area contributed by atoms with Crippen molar-refractivity contribution in [3.63, 3.8) is 0 Å². The molecule has 0 aromatic heterocycles. The number of nitrogens with zero attached hydrogens (tertiary/aromatic N) is 1. The van der Waals surface area contributed by atoms with Crippen molar-refractivity contribution in [3.05, 3.63) is 75.8 Å². The molecular weight excluding hydrogens is 333 g/mol. The SMILES string of the molecule is ON=Cc1c(OCc2c(Cl)cccc2Cl)ccc2ccccc12. The van der Waals surface area contributed by atoms with Crippen LogP contribution in [0.25, 0.3) is 10.8 Å². The van der Waals surface area contributed by atoms with E-state index >= 15 is 0 Å². The molecule has 1 N–H and O–H groups in total. The van der Waals surface area contributed by atoms with Gasteiger partial charge in [-0.3, -0.25) is 0 Å². The standard InChI is InChI=1S/C18H13Cl2NO2/c19-16-6-3-7-17(20)15(16)11-23-18-9-8-12-4-1-2-5-13(12)14(18)10-21-22/h1-10,22H,11H2. The maximum atomic E-state index is 8.95. The minimum Gasteiger partial charge on any atom is -0.488 e. The molecule has 5 heteroatoms. The van der Waals surface area contributed by atoms with E-state index in [1.807, 2.05) is 36.4 Å². The Bertz CT molecular complexity index is 858. The van der Waals surface area contributed by atoms with Crippen LogP contribution in [0.5, 0.6) is 5.75 Å². The molecule has 0 saturated heterocycles. The molecule has 0 bridgehead atoms. The van der Waals surface area contributed by atoms with Gasteiger partial charge < -0.3 is 9.94 Å². The normalized spacial score (nSPS) is 11.2. The summed E-state index contributed by atoms with van der Waals surface area (Å²) < 4.78 is 5.87. The molecule has 0 amide bonds. The van der Waals surface area contributed by atoms with Gasteiger partial charge in [-0.25, -0.2) is 0 Å². The lowest BCUT2D eigenvalue weighted by molar-refractivity contribution is 0.305. The van der Waals surface area contributed by atoms with E-state index in [9.17, 15) is 0 Å². The number of ether oxygens (including phenoxy) is 1. The molecule has 0 atom stereocenters. The van der Waals surface area contributed by atoms with Crippen molar-refractivity contribution >= 4 is 40.2 Å². The van der Waals surface area contributed by atoms with Crippen LogP contribution in [0.2, 0.25) is 10.0 Å². The molecule has 3 aromatic carbocycles. The average Bonchev–Trinajstić information content (AvgIpc) is 2.56. The molecule has 3 aromatic rings. The van der Waals surface area contributed by atoms with E-state index in [-0.39, 0.29) is 6.61 Å². The van der Waals surface area contributed by atoms with Crippen LogP contribution in [0, 0.1) is 0 Å². The molecule has 0 fully saturated rings. The summed E-state index contributed by atoms with van der Waals surface area (Å²) in [6.45, 7) is 0.225. The molecule has 0 aliphatic carbocycles. The highest BCUT2D eigenvalue weighted by atomic mass is 35.5. The zero-order valence-electron chi connectivity index (χ0n) is 12.0. The van der Waals surface area contributed by atoms with Gasteiger partial charge in [-0.15, -0.1) is 0 Å². The first-order chi connectivity index (χ1) is 11.2. The highest BCUT2D eigenvalue weighted by molar-refractivity contribution is 6.35. The molecule has 0 heterocycles. The highest BCUT2D eigenvalue weighted by Gasteiger charge is 2.10. The van der Waals surface area contributed by atoms with Crippen molar-refractivity contribution in [2.75, 3.05) is 0 Å². The van der Waals surface area contributed by atoms with E-state index in [2.05, 4.69) is 5.16 Å². The molecule has 0 aliphatic rings. The summed E-state index contributed by atoms with van der Waals surface area (Å²) >= 11 is 12.3. The number of hydrogen-bond acceptors (Lipinski definition) is 3. The molecule has 3 nitrogen and oxygen atoms in total. The Hall–Kier alpha value is -2.23. The fourth-order valence-corrected chi connectivity index (χ4v) is 2.92. The molecule has 0 spiro atoms. The second kappa shape index (κ2) is 6.90. The van der Waals surface area contributed by atoms with Crippen LogP contribution >= 0.6 is 23.2 Å². The average molecular weight is 346 g/mol. The summed E-state index contributed by atoms with van der Waals surface area (Å²) in [4.78, 5) is 0. The molecule has 3 rings (SSSR count). The number of rotatable bonds is 4. The fraction of sp³-hybridized carbons (Fsp3) is 0.0556. The minimum atomic E-state index is 0.225. The van der Waals surface area contributed by atoms with Crippen LogP contribution in [0.1, 0.15) is 11.1 Å². The van der Waals surface area contributed by atoms with Gasteiger partial charge >= 0.3 is 0 Å². The highest BCUT2D eigenvalue weighted by Crippen LogP contribution is 2.30. The van der Waals surface area contributed by atoms with Crippen LogP contribution in [-0.2, 0) is 6.61 Å². The van der Waals surface area contributed by atoms with Crippen LogP contribution in [0.3, 0.4) is 0 Å². The Kier molecular flexibility index (Phi) is 4.70. The van der Waals surface area contributed by atoms with Gasteiger partial charge in [0.2, 0.25) is 0 Å². The van der Waals surface area contributed by atoms with E-state index in [1.165, 1.54) is 6.21 Å². The largest absolute Gasteiger partial charge is 0.488 e. The Balaban J connectivity index is 1.98. The molecule has 0 radical (unpaired) electrons. The molecule has 0 saturated carbocycles. The third-order valence-electron chi connectivity index (χ3n) is 3.55. The summed E-state index contributed by atoms with van der Waals surface area (Å²) in [5.41, 5.74) is 1.42. The topological polar surface area (TPSA) is 41.8 Å². The van der Waals surface area contributed by atoms with Gasteiger partial charge in [0.05, 0.1) is 6.21 Å². The maximum absolute atomic E-state index is 8.95. The van der Waals surface area contributed by atoms with Gasteiger partial charge in [-0.1, -0.05) is 64.8 Å². The second-order valence-electron chi connectivity index (χ2n) is 4.93. The molecule has 23 heavy (non-hydrogen) atoms. The zero-order chi connectivity index (χ0) is 16.2. The van der Waals surface area contributed by atoms with Crippen molar-refractivity contribution < 1.29 is 9.94 Å². The summed E-state index contributed by atoms with van der Waals surface area (Å²) in [6, 6.07) is 16.9. The van der Waals surface area contributed by atoms with Gasteiger partial charge in [0.1, 0.15) is 12.4 Å². The van der Waals surface area contributed by atoms with Gasteiger partial charge in [-0.2, -0.15) is 0 Å². The number of hydrogen-bond donors (Lipinski definition) is 1. The lowest BCUT2D eigenvalue weighted by Crippen LogP contribution is -2.00. The number of benzene rings is 3. The minimum absolute atomic E-state index is 0.225. The van der Waals surface area contributed by atoms with Crippen molar-refractivity contribution in [2.24, 2.45) is 5.16 Å². The third kappa shape index (κ3) is 3.26. The van der Waals surface area contributed by atoms with Crippen molar-refractivity contribution in [3.8, 4) is 5.75 Å². The van der Waals surface area contributed by atoms with Crippen LogP contribution < -0.4 is 4.74 Å². The maximum Gasteiger partial charge on any atom is 0.129 e. The molecule has 116 valence electrons. The van der Waals surface area contributed by atoms with E-state index < -0.39 is 0 Å². The van der Waals surface area contributed by atoms with Crippen molar-refractivity contribution in [1.82, 2.24) is 0 Å². The Labute approximate surface area is 143 Å². The zero-order valence-corrected chi connectivity index (χ0v) is 13.6. The first-order valence-corrected chi connectivity index (χ1v) is 7.71. The Morgan fingerprint density at radius 1 is 0.957 bits per heavy atom. The number of halogens is 2. The second-order valence-corrected chi connectivity index (χ2v) is 5.75. The quantitative estimate of drug-likeness (QED) is 0.383. The summed E-state index contributed by atoms with van der Waals surface area (Å²) in [6.07, 6.45) is 1.37. The lowest BCUT2D eigenvalue weighted by Gasteiger charge is -2.13. The van der Waals surface area contributed by atoms with Crippen molar-refractivity contribution in [1.29, 1.82) is 0 Å². The van der Waals surface area contributed by atoms with E-state index in [0.717, 1.165) is 16.3 Å². The van der Waals surface area contributed by atoms with E-state index in [4.69, 9.17) is 33.1 Å².